The van der Waals surface area contributed by atoms with E-state index in [2.05, 4.69) is 23.9 Å². The molecule has 0 radical (unpaired) electrons. The lowest BCUT2D eigenvalue weighted by Gasteiger charge is -2.30. The largest absolute Gasteiger partial charge is 0.493 e. The summed E-state index contributed by atoms with van der Waals surface area (Å²) in [5, 5.41) is 5.18. The van der Waals surface area contributed by atoms with Crippen LogP contribution in [0.2, 0.25) is 0 Å². The van der Waals surface area contributed by atoms with Crippen LogP contribution in [-0.2, 0) is 6.42 Å². The number of hydrogen-bond donors (Lipinski definition) is 0. The maximum absolute atomic E-state index is 5.85. The fourth-order valence-electron chi connectivity index (χ4n) is 3.08. The Morgan fingerprint density at radius 3 is 2.91 bits per heavy atom. The van der Waals surface area contributed by atoms with Gasteiger partial charge in [0, 0.05) is 18.0 Å². The Morgan fingerprint density at radius 1 is 1.32 bits per heavy atom. The third kappa shape index (κ3) is 3.61. The molecule has 0 bridgehead atoms. The fraction of sp³-hybridized carbons (Fsp3) is 0.611. The number of likely N-dealkylation sites (tertiary alicyclic amines) is 1. The molecule has 0 saturated carbocycles. The van der Waals surface area contributed by atoms with Crippen LogP contribution in [-0.4, -0.2) is 36.3 Å². The smallest absolute Gasteiger partial charge is 0.170 e. The summed E-state index contributed by atoms with van der Waals surface area (Å²) in [5.41, 5.74) is 1.83. The summed E-state index contributed by atoms with van der Waals surface area (Å²) in [4.78, 5) is 2.55. The van der Waals surface area contributed by atoms with Crippen molar-refractivity contribution in [2.75, 3.05) is 26.2 Å². The molecule has 120 valence electrons. The van der Waals surface area contributed by atoms with E-state index in [1.54, 1.807) is 0 Å². The highest BCUT2D eigenvalue weighted by Crippen LogP contribution is 2.24. The number of piperidine rings is 1. The van der Waals surface area contributed by atoms with Crippen LogP contribution in [0.1, 0.15) is 38.8 Å². The minimum Gasteiger partial charge on any atom is -0.493 e. The molecule has 0 atom stereocenters. The Kier molecular flexibility index (Phi) is 4.98. The zero-order valence-electron chi connectivity index (χ0n) is 13.7. The molecule has 0 aliphatic carbocycles. The lowest BCUT2D eigenvalue weighted by Crippen LogP contribution is -2.34. The van der Waals surface area contributed by atoms with Crippen molar-refractivity contribution < 1.29 is 9.26 Å². The number of aryl methyl sites for hydroxylation is 1. The number of ether oxygens (including phenoxy) is 1. The van der Waals surface area contributed by atoms with Gasteiger partial charge in [0.15, 0.2) is 5.58 Å². The molecule has 2 aromatic rings. The van der Waals surface area contributed by atoms with Crippen molar-refractivity contribution in [3.63, 3.8) is 0 Å². The lowest BCUT2D eigenvalue weighted by molar-refractivity contribution is 0.177. The Hall–Kier alpha value is -1.55. The fourth-order valence-corrected chi connectivity index (χ4v) is 3.08. The van der Waals surface area contributed by atoms with E-state index in [9.17, 15) is 0 Å². The second kappa shape index (κ2) is 7.14. The van der Waals surface area contributed by atoms with Gasteiger partial charge in [-0.1, -0.05) is 19.0 Å². The van der Waals surface area contributed by atoms with Gasteiger partial charge in [0.2, 0.25) is 0 Å². The van der Waals surface area contributed by atoms with Gasteiger partial charge in [-0.05, 0) is 56.8 Å². The van der Waals surface area contributed by atoms with E-state index in [4.69, 9.17) is 9.26 Å². The van der Waals surface area contributed by atoms with Crippen LogP contribution in [0.15, 0.2) is 22.7 Å². The zero-order chi connectivity index (χ0) is 15.4. The highest BCUT2D eigenvalue weighted by molar-refractivity contribution is 5.80. The van der Waals surface area contributed by atoms with E-state index < -0.39 is 0 Å². The third-order valence-electron chi connectivity index (χ3n) is 4.62. The van der Waals surface area contributed by atoms with E-state index in [0.29, 0.717) is 0 Å². The SMILES string of the molecule is CCc1noc2cc(OCCCN3CCC(C)CC3)ccc12. The number of hydrogen-bond acceptors (Lipinski definition) is 4. The third-order valence-corrected chi connectivity index (χ3v) is 4.62. The Labute approximate surface area is 132 Å². The summed E-state index contributed by atoms with van der Waals surface area (Å²) < 4.78 is 11.2. The molecule has 1 aliphatic rings. The molecule has 1 aliphatic heterocycles. The molecule has 2 heterocycles. The summed E-state index contributed by atoms with van der Waals surface area (Å²) in [5.74, 6) is 1.77. The highest BCUT2D eigenvalue weighted by atomic mass is 16.5. The minimum atomic E-state index is 0.756. The van der Waals surface area contributed by atoms with Gasteiger partial charge < -0.3 is 14.2 Å². The van der Waals surface area contributed by atoms with Gasteiger partial charge in [-0.2, -0.15) is 0 Å². The van der Waals surface area contributed by atoms with Gasteiger partial charge in [-0.15, -0.1) is 0 Å². The number of benzene rings is 1. The normalized spacial score (nSPS) is 17.2. The first kappa shape index (κ1) is 15.3. The minimum absolute atomic E-state index is 0.756. The molecule has 22 heavy (non-hydrogen) atoms. The molecule has 4 nitrogen and oxygen atoms in total. The lowest BCUT2D eigenvalue weighted by atomic mass is 9.99. The van der Waals surface area contributed by atoms with Gasteiger partial charge in [0.25, 0.3) is 0 Å². The van der Waals surface area contributed by atoms with E-state index >= 15 is 0 Å². The average Bonchev–Trinajstić information content (AvgIpc) is 2.95. The van der Waals surface area contributed by atoms with Crippen LogP contribution < -0.4 is 4.74 Å². The van der Waals surface area contributed by atoms with Crippen molar-refractivity contribution in [1.29, 1.82) is 0 Å². The molecule has 0 amide bonds. The number of nitrogens with zero attached hydrogens (tertiary/aromatic N) is 2. The predicted molar refractivity (Wildman–Crippen MR) is 88.3 cm³/mol. The van der Waals surface area contributed by atoms with E-state index in [-0.39, 0.29) is 0 Å². The molecule has 1 aromatic carbocycles. The molecule has 0 spiro atoms. The van der Waals surface area contributed by atoms with Crippen LogP contribution in [0.5, 0.6) is 5.75 Å². The average molecular weight is 302 g/mol. The summed E-state index contributed by atoms with van der Waals surface area (Å²) in [6.45, 7) is 8.81. The van der Waals surface area contributed by atoms with E-state index in [1.807, 2.05) is 18.2 Å². The molecule has 3 rings (SSSR count). The maximum Gasteiger partial charge on any atom is 0.170 e. The molecule has 1 fully saturated rings. The van der Waals surface area contributed by atoms with Crippen LogP contribution in [0.4, 0.5) is 0 Å². The summed E-state index contributed by atoms with van der Waals surface area (Å²) in [6, 6.07) is 6.01. The van der Waals surface area contributed by atoms with Crippen LogP contribution in [0.3, 0.4) is 0 Å². The second-order valence-electron chi connectivity index (χ2n) is 6.37. The molecule has 1 aromatic heterocycles. The highest BCUT2D eigenvalue weighted by Gasteiger charge is 2.14. The van der Waals surface area contributed by atoms with Crippen LogP contribution in [0, 0.1) is 5.92 Å². The number of fused-ring (bicyclic) bond motifs is 1. The quantitative estimate of drug-likeness (QED) is 0.759. The van der Waals surface area contributed by atoms with Gasteiger partial charge in [-0.25, -0.2) is 0 Å². The van der Waals surface area contributed by atoms with Crippen molar-refractivity contribution >= 4 is 11.0 Å². The van der Waals surface area contributed by atoms with Crippen molar-refractivity contribution in [3.05, 3.63) is 23.9 Å². The Morgan fingerprint density at radius 2 is 2.14 bits per heavy atom. The van der Waals surface area contributed by atoms with Crippen molar-refractivity contribution in [3.8, 4) is 5.75 Å². The van der Waals surface area contributed by atoms with Crippen LogP contribution in [0.25, 0.3) is 11.0 Å². The zero-order valence-corrected chi connectivity index (χ0v) is 13.7. The Balaban J connectivity index is 1.45. The Bertz CT molecular complexity index is 600. The molecule has 1 saturated heterocycles. The van der Waals surface area contributed by atoms with Gasteiger partial charge in [0.1, 0.15) is 5.75 Å². The van der Waals surface area contributed by atoms with Gasteiger partial charge in [0.05, 0.1) is 12.3 Å². The number of aromatic nitrogens is 1. The monoisotopic (exact) mass is 302 g/mol. The summed E-state index contributed by atoms with van der Waals surface area (Å²) in [6.07, 6.45) is 4.64. The molecular formula is C18H26N2O2. The van der Waals surface area contributed by atoms with E-state index in [0.717, 1.165) is 54.3 Å². The van der Waals surface area contributed by atoms with Crippen molar-refractivity contribution in [2.24, 2.45) is 5.92 Å². The molecule has 4 heteroatoms. The standard InChI is InChI=1S/C18H26N2O2/c1-3-17-16-6-5-15(13-18(16)22-19-17)21-12-4-9-20-10-7-14(2)8-11-20/h5-6,13-14H,3-4,7-12H2,1-2H3. The molecular weight excluding hydrogens is 276 g/mol. The predicted octanol–water partition coefficient (Wildman–Crippen LogP) is 3.89. The van der Waals surface area contributed by atoms with Crippen molar-refractivity contribution in [2.45, 2.75) is 39.5 Å². The topological polar surface area (TPSA) is 38.5 Å². The number of rotatable bonds is 6. The summed E-state index contributed by atoms with van der Waals surface area (Å²) >= 11 is 0. The van der Waals surface area contributed by atoms with Gasteiger partial charge >= 0.3 is 0 Å². The first-order valence-corrected chi connectivity index (χ1v) is 8.49. The van der Waals surface area contributed by atoms with E-state index in [1.165, 1.54) is 25.9 Å². The van der Waals surface area contributed by atoms with Crippen LogP contribution >= 0.6 is 0 Å². The molecule has 0 N–H and O–H groups in total. The molecule has 0 unspecified atom stereocenters. The first-order chi connectivity index (χ1) is 10.8. The first-order valence-electron chi connectivity index (χ1n) is 8.49. The summed E-state index contributed by atoms with van der Waals surface area (Å²) in [7, 11) is 0. The van der Waals surface area contributed by atoms with Crippen molar-refractivity contribution in [1.82, 2.24) is 10.1 Å². The maximum atomic E-state index is 5.85. The second-order valence-corrected chi connectivity index (χ2v) is 6.37. The van der Waals surface area contributed by atoms with Gasteiger partial charge in [-0.3, -0.25) is 0 Å².